The lowest BCUT2D eigenvalue weighted by atomic mass is 10.0. The number of fused-ring (bicyclic) bond motifs is 2. The zero-order chi connectivity index (χ0) is 20.8. The van der Waals surface area contributed by atoms with E-state index in [4.69, 9.17) is 0 Å². The van der Waals surface area contributed by atoms with Gasteiger partial charge < -0.3 is 19.7 Å². The molecule has 3 aromatic rings. The van der Waals surface area contributed by atoms with E-state index in [0.29, 0.717) is 30.0 Å². The van der Waals surface area contributed by atoms with Crippen molar-refractivity contribution in [1.82, 2.24) is 14.4 Å². The maximum Gasteiger partial charge on any atom is 0.270 e. The fraction of sp³-hybridized carbons (Fsp3) is 0.227. The third-order valence-electron chi connectivity index (χ3n) is 5.76. The standard InChI is InChI=1S/C22H20N4O3S/c1-24-7-2-3-18(24)22(29)25-8-9-26-19(12-25)20(27)23-17-5-4-14(11-16(17)21(26)28)15-6-10-30-13-15/h2-7,10-11,13,19H,8-9,12H2,1H3,(H,23,27). The molecule has 152 valence electrons. The molecule has 3 amide bonds. The molecule has 0 spiro atoms. The highest BCUT2D eigenvalue weighted by molar-refractivity contribution is 7.08. The van der Waals surface area contributed by atoms with Crippen LogP contribution in [0.2, 0.25) is 0 Å². The molecule has 30 heavy (non-hydrogen) atoms. The lowest BCUT2D eigenvalue weighted by Gasteiger charge is -2.39. The molecule has 8 heteroatoms. The zero-order valence-corrected chi connectivity index (χ0v) is 17.2. The van der Waals surface area contributed by atoms with E-state index in [2.05, 4.69) is 5.32 Å². The van der Waals surface area contributed by atoms with Crippen molar-refractivity contribution in [1.29, 1.82) is 0 Å². The van der Waals surface area contributed by atoms with Crippen molar-refractivity contribution in [3.05, 3.63) is 64.6 Å². The molecule has 1 fully saturated rings. The summed E-state index contributed by atoms with van der Waals surface area (Å²) in [5, 5.41) is 6.90. The molecule has 0 saturated carbocycles. The Bertz CT molecular complexity index is 1150. The van der Waals surface area contributed by atoms with Gasteiger partial charge in [-0.15, -0.1) is 0 Å². The number of piperazine rings is 1. The smallest absolute Gasteiger partial charge is 0.270 e. The third-order valence-corrected chi connectivity index (χ3v) is 6.44. The monoisotopic (exact) mass is 420 g/mol. The van der Waals surface area contributed by atoms with Gasteiger partial charge in [0.1, 0.15) is 11.7 Å². The summed E-state index contributed by atoms with van der Waals surface area (Å²) in [6, 6.07) is 10.4. The van der Waals surface area contributed by atoms with E-state index in [9.17, 15) is 14.4 Å². The first-order valence-electron chi connectivity index (χ1n) is 9.72. The van der Waals surface area contributed by atoms with Crippen LogP contribution >= 0.6 is 11.3 Å². The summed E-state index contributed by atoms with van der Waals surface area (Å²) in [7, 11) is 1.81. The largest absolute Gasteiger partial charge is 0.347 e. The molecular weight excluding hydrogens is 400 g/mol. The Hall–Kier alpha value is -3.39. The van der Waals surface area contributed by atoms with Gasteiger partial charge in [-0.1, -0.05) is 6.07 Å². The minimum atomic E-state index is -0.715. The highest BCUT2D eigenvalue weighted by Gasteiger charge is 2.40. The molecule has 7 nitrogen and oxygen atoms in total. The van der Waals surface area contributed by atoms with Crippen LogP contribution in [0.1, 0.15) is 20.8 Å². The van der Waals surface area contributed by atoms with E-state index < -0.39 is 6.04 Å². The molecule has 1 atom stereocenters. The van der Waals surface area contributed by atoms with Crippen LogP contribution in [0, 0.1) is 0 Å². The first-order chi connectivity index (χ1) is 14.5. The second-order valence-corrected chi connectivity index (χ2v) is 8.31. The fourth-order valence-corrected chi connectivity index (χ4v) is 4.75. The van der Waals surface area contributed by atoms with Crippen LogP contribution in [-0.4, -0.2) is 57.8 Å². The van der Waals surface area contributed by atoms with Crippen molar-refractivity contribution >= 4 is 34.7 Å². The van der Waals surface area contributed by atoms with Gasteiger partial charge in [0.2, 0.25) is 5.91 Å². The molecule has 0 aliphatic carbocycles. The number of aryl methyl sites for hydroxylation is 1. The second kappa shape index (κ2) is 7.14. The van der Waals surface area contributed by atoms with Gasteiger partial charge in [0, 0.05) is 26.3 Å². The molecule has 2 aromatic heterocycles. The number of carbonyl (C=O) groups is 3. The summed E-state index contributed by atoms with van der Waals surface area (Å²) in [6.45, 7) is 0.876. The Balaban J connectivity index is 1.44. The average molecular weight is 420 g/mol. The Morgan fingerprint density at radius 1 is 1.13 bits per heavy atom. The van der Waals surface area contributed by atoms with Crippen molar-refractivity contribution in [3.8, 4) is 11.1 Å². The normalized spacial score (nSPS) is 18.5. The number of aromatic nitrogens is 1. The maximum atomic E-state index is 13.3. The molecular formula is C22H20N4O3S. The SMILES string of the molecule is Cn1cccc1C(=O)N1CCN2C(=O)c3cc(-c4ccsc4)ccc3NC(=O)C2C1. The maximum absolute atomic E-state index is 13.3. The number of amides is 3. The summed E-state index contributed by atoms with van der Waals surface area (Å²) >= 11 is 1.59. The summed E-state index contributed by atoms with van der Waals surface area (Å²) in [5.41, 5.74) is 3.54. The van der Waals surface area contributed by atoms with Crippen LogP contribution in [0.4, 0.5) is 5.69 Å². The summed E-state index contributed by atoms with van der Waals surface area (Å²) < 4.78 is 1.76. The molecule has 1 aromatic carbocycles. The van der Waals surface area contributed by atoms with Crippen LogP contribution in [0.15, 0.2) is 53.4 Å². The highest BCUT2D eigenvalue weighted by atomic mass is 32.1. The number of benzene rings is 1. The van der Waals surface area contributed by atoms with Crippen molar-refractivity contribution in [2.75, 3.05) is 25.0 Å². The number of carbonyl (C=O) groups excluding carboxylic acids is 3. The van der Waals surface area contributed by atoms with Crippen LogP contribution in [0.5, 0.6) is 0 Å². The van der Waals surface area contributed by atoms with Gasteiger partial charge in [-0.2, -0.15) is 11.3 Å². The zero-order valence-electron chi connectivity index (χ0n) is 16.4. The first kappa shape index (κ1) is 18.6. The van der Waals surface area contributed by atoms with Crippen molar-refractivity contribution in [2.45, 2.75) is 6.04 Å². The minimum Gasteiger partial charge on any atom is -0.347 e. The quantitative estimate of drug-likeness (QED) is 0.693. The van der Waals surface area contributed by atoms with Gasteiger partial charge in [-0.3, -0.25) is 14.4 Å². The predicted molar refractivity (Wildman–Crippen MR) is 115 cm³/mol. The highest BCUT2D eigenvalue weighted by Crippen LogP contribution is 2.31. The topological polar surface area (TPSA) is 74.7 Å². The number of anilines is 1. The molecule has 2 aliphatic rings. The van der Waals surface area contributed by atoms with Crippen LogP contribution < -0.4 is 5.32 Å². The predicted octanol–water partition coefficient (Wildman–Crippen LogP) is 2.67. The van der Waals surface area contributed by atoms with Gasteiger partial charge in [0.05, 0.1) is 17.8 Å². The van der Waals surface area contributed by atoms with E-state index >= 15 is 0 Å². The van der Waals surface area contributed by atoms with E-state index in [1.165, 1.54) is 0 Å². The Morgan fingerprint density at radius 2 is 2.00 bits per heavy atom. The van der Waals surface area contributed by atoms with E-state index in [1.54, 1.807) is 37.8 Å². The van der Waals surface area contributed by atoms with Gasteiger partial charge in [-0.25, -0.2) is 0 Å². The molecule has 0 radical (unpaired) electrons. The number of hydrogen-bond acceptors (Lipinski definition) is 4. The van der Waals surface area contributed by atoms with Crippen molar-refractivity contribution < 1.29 is 14.4 Å². The van der Waals surface area contributed by atoms with Gasteiger partial charge in [0.15, 0.2) is 0 Å². The first-order valence-corrected chi connectivity index (χ1v) is 10.7. The average Bonchev–Trinajstić information content (AvgIpc) is 3.42. The minimum absolute atomic E-state index is 0.135. The summed E-state index contributed by atoms with van der Waals surface area (Å²) in [5.74, 6) is -0.588. The summed E-state index contributed by atoms with van der Waals surface area (Å²) in [6.07, 6.45) is 1.81. The molecule has 1 unspecified atom stereocenters. The lowest BCUT2D eigenvalue weighted by molar-refractivity contribution is -0.121. The number of nitrogens with zero attached hydrogens (tertiary/aromatic N) is 3. The molecule has 1 N–H and O–H groups in total. The second-order valence-electron chi connectivity index (χ2n) is 7.53. The third kappa shape index (κ3) is 3.00. The molecule has 4 heterocycles. The molecule has 0 bridgehead atoms. The molecule has 5 rings (SSSR count). The van der Waals surface area contributed by atoms with Gasteiger partial charge in [-0.05, 0) is 52.2 Å². The number of rotatable bonds is 2. The lowest BCUT2D eigenvalue weighted by Crippen LogP contribution is -2.59. The van der Waals surface area contributed by atoms with Crippen LogP contribution in [0.3, 0.4) is 0 Å². The number of hydrogen-bond donors (Lipinski definition) is 1. The van der Waals surface area contributed by atoms with E-state index in [-0.39, 0.29) is 24.3 Å². The van der Waals surface area contributed by atoms with Crippen LogP contribution in [-0.2, 0) is 11.8 Å². The molecule has 2 aliphatic heterocycles. The van der Waals surface area contributed by atoms with Crippen molar-refractivity contribution in [3.63, 3.8) is 0 Å². The Kier molecular flexibility index (Phi) is 4.43. The van der Waals surface area contributed by atoms with Crippen LogP contribution in [0.25, 0.3) is 11.1 Å². The Morgan fingerprint density at radius 3 is 2.73 bits per heavy atom. The number of nitrogens with one attached hydrogen (secondary N) is 1. The van der Waals surface area contributed by atoms with E-state index in [0.717, 1.165) is 11.1 Å². The molecule has 1 saturated heterocycles. The summed E-state index contributed by atoms with van der Waals surface area (Å²) in [4.78, 5) is 42.4. The Labute approximate surface area is 177 Å². The van der Waals surface area contributed by atoms with Crippen molar-refractivity contribution in [2.24, 2.45) is 7.05 Å². The van der Waals surface area contributed by atoms with E-state index in [1.807, 2.05) is 48.3 Å². The van der Waals surface area contributed by atoms with Gasteiger partial charge in [0.25, 0.3) is 11.8 Å². The van der Waals surface area contributed by atoms with Gasteiger partial charge >= 0.3 is 0 Å². The number of thiophene rings is 1. The fourth-order valence-electron chi connectivity index (χ4n) is 4.09.